The van der Waals surface area contributed by atoms with Crippen molar-refractivity contribution in [3.8, 4) is 5.75 Å². The highest BCUT2D eigenvalue weighted by Gasteiger charge is 2.56. The topological polar surface area (TPSA) is 78.9 Å². The fourth-order valence-corrected chi connectivity index (χ4v) is 7.46. The van der Waals surface area contributed by atoms with Crippen LogP contribution in [0.15, 0.2) is 41.3 Å². The summed E-state index contributed by atoms with van der Waals surface area (Å²) in [6.07, 6.45) is 4.76. The molecule has 0 N–H and O–H groups in total. The van der Waals surface area contributed by atoms with E-state index in [0.717, 1.165) is 34.9 Å². The summed E-state index contributed by atoms with van der Waals surface area (Å²) < 4.78 is 17.0. The van der Waals surface area contributed by atoms with Crippen LogP contribution in [0.2, 0.25) is 0 Å². The van der Waals surface area contributed by atoms with Gasteiger partial charge in [-0.3, -0.25) is 14.4 Å². The zero-order chi connectivity index (χ0) is 26.3. The van der Waals surface area contributed by atoms with E-state index in [9.17, 15) is 14.4 Å². The fraction of sp³-hybridized carbons (Fsp3) is 0.567. The number of rotatable bonds is 8. The zero-order valence-electron chi connectivity index (χ0n) is 21.8. The molecule has 2 aromatic rings. The summed E-state index contributed by atoms with van der Waals surface area (Å²) in [5, 5.41) is 1.88. The van der Waals surface area contributed by atoms with Gasteiger partial charge < -0.3 is 14.2 Å². The standard InChI is InChI=1S/C30H36O6S/c1-17(2)28(18(3)34-29(33)30-14-19-8-20(15-30)10-21(9-19)16-30)36-27(32)13-26(31)35-24-6-4-23-12-25(37)7-5-22(23)11-24/h4-7,11-12,17-21,28,37H,8-10,13-16H2,1-3H3. The van der Waals surface area contributed by atoms with E-state index in [0.29, 0.717) is 23.5 Å². The highest BCUT2D eigenvalue weighted by molar-refractivity contribution is 7.80. The molecule has 0 aliphatic heterocycles. The Morgan fingerprint density at radius 3 is 2.08 bits per heavy atom. The summed E-state index contributed by atoms with van der Waals surface area (Å²) in [7, 11) is 0. The second-order valence-corrected chi connectivity index (χ2v) is 12.4. The number of carbonyl (C=O) groups is 3. The van der Waals surface area contributed by atoms with Gasteiger partial charge in [0.25, 0.3) is 0 Å². The molecule has 4 bridgehead atoms. The Kier molecular flexibility index (Phi) is 7.27. The second-order valence-electron chi connectivity index (χ2n) is 11.9. The predicted octanol–water partition coefficient (Wildman–Crippen LogP) is 6.14. The molecule has 0 heterocycles. The Morgan fingerprint density at radius 1 is 0.865 bits per heavy atom. The summed E-state index contributed by atoms with van der Waals surface area (Å²) in [6.45, 7) is 5.60. The number of hydrogen-bond acceptors (Lipinski definition) is 7. The molecule has 6 nitrogen and oxygen atoms in total. The van der Waals surface area contributed by atoms with Crippen molar-refractivity contribution in [2.75, 3.05) is 0 Å². The monoisotopic (exact) mass is 524 g/mol. The molecule has 198 valence electrons. The van der Waals surface area contributed by atoms with Gasteiger partial charge in [-0.25, -0.2) is 0 Å². The number of carbonyl (C=O) groups excluding carboxylic acids is 3. The third-order valence-corrected chi connectivity index (χ3v) is 8.75. The molecule has 4 aliphatic rings. The number of hydrogen-bond donors (Lipinski definition) is 1. The minimum Gasteiger partial charge on any atom is -0.458 e. The quantitative estimate of drug-likeness (QED) is 0.193. The van der Waals surface area contributed by atoms with Gasteiger partial charge in [-0.05, 0) is 104 Å². The number of benzene rings is 2. The van der Waals surface area contributed by atoms with Crippen LogP contribution in [-0.2, 0) is 23.9 Å². The first kappa shape index (κ1) is 26.1. The molecule has 37 heavy (non-hydrogen) atoms. The van der Waals surface area contributed by atoms with Crippen LogP contribution in [0.25, 0.3) is 10.8 Å². The molecule has 2 unspecified atom stereocenters. The van der Waals surface area contributed by atoms with Crippen LogP contribution in [-0.4, -0.2) is 30.1 Å². The van der Waals surface area contributed by atoms with Gasteiger partial charge in [-0.1, -0.05) is 26.0 Å². The molecular weight excluding hydrogens is 488 g/mol. The van der Waals surface area contributed by atoms with Crippen LogP contribution in [0, 0.1) is 29.1 Å². The lowest BCUT2D eigenvalue weighted by Crippen LogP contribution is -2.52. The van der Waals surface area contributed by atoms with Crippen molar-refractivity contribution in [3.05, 3.63) is 36.4 Å². The Balaban J connectivity index is 1.16. The second kappa shape index (κ2) is 10.3. The van der Waals surface area contributed by atoms with E-state index in [4.69, 9.17) is 14.2 Å². The average Bonchev–Trinajstić information content (AvgIpc) is 2.81. The van der Waals surface area contributed by atoms with Crippen LogP contribution in [0.1, 0.15) is 65.7 Å². The third-order valence-electron chi connectivity index (χ3n) is 8.47. The molecule has 0 spiro atoms. The Hall–Kier alpha value is -2.54. The van der Waals surface area contributed by atoms with Crippen molar-refractivity contribution < 1.29 is 28.6 Å². The molecule has 0 radical (unpaired) electrons. The van der Waals surface area contributed by atoms with E-state index in [-0.39, 0.29) is 17.3 Å². The van der Waals surface area contributed by atoms with Gasteiger partial charge in [0.2, 0.25) is 0 Å². The maximum absolute atomic E-state index is 13.4. The Labute approximate surface area is 223 Å². The van der Waals surface area contributed by atoms with Crippen molar-refractivity contribution in [1.82, 2.24) is 0 Å². The lowest BCUT2D eigenvalue weighted by molar-refractivity contribution is -0.188. The van der Waals surface area contributed by atoms with Crippen LogP contribution >= 0.6 is 12.6 Å². The molecule has 0 aromatic heterocycles. The Bertz CT molecular complexity index is 1170. The molecule has 6 rings (SSSR count). The summed E-state index contributed by atoms with van der Waals surface area (Å²) in [6, 6.07) is 10.9. The highest BCUT2D eigenvalue weighted by atomic mass is 32.1. The molecule has 4 fully saturated rings. The molecule has 0 amide bonds. The molecule has 4 aliphatic carbocycles. The minimum absolute atomic E-state index is 0.0867. The van der Waals surface area contributed by atoms with Gasteiger partial charge in [-0.2, -0.15) is 0 Å². The number of esters is 3. The summed E-state index contributed by atoms with van der Waals surface area (Å²) >= 11 is 4.34. The van der Waals surface area contributed by atoms with Crippen LogP contribution in [0.5, 0.6) is 5.75 Å². The largest absolute Gasteiger partial charge is 0.458 e. The summed E-state index contributed by atoms with van der Waals surface area (Å²) in [5.74, 6) is 0.664. The lowest BCUT2D eigenvalue weighted by Gasteiger charge is -2.55. The van der Waals surface area contributed by atoms with Crippen molar-refractivity contribution in [1.29, 1.82) is 0 Å². The van der Waals surface area contributed by atoms with Gasteiger partial charge in [0, 0.05) is 4.90 Å². The maximum atomic E-state index is 13.4. The van der Waals surface area contributed by atoms with Gasteiger partial charge >= 0.3 is 17.9 Å². The van der Waals surface area contributed by atoms with Crippen molar-refractivity contribution >= 4 is 41.3 Å². The van der Waals surface area contributed by atoms with E-state index in [1.165, 1.54) is 19.3 Å². The number of thiol groups is 1. The first-order chi connectivity index (χ1) is 17.6. The SMILES string of the molecule is CC(C)C(OC(=O)CC(=O)Oc1ccc2cc(S)ccc2c1)C(C)OC(=O)C12CC3CC(CC(C3)C1)C2. The zero-order valence-corrected chi connectivity index (χ0v) is 22.7. The summed E-state index contributed by atoms with van der Waals surface area (Å²) in [4.78, 5) is 39.3. The van der Waals surface area contributed by atoms with Gasteiger partial charge in [-0.15, -0.1) is 12.6 Å². The molecule has 7 heteroatoms. The number of ether oxygens (including phenoxy) is 3. The number of fused-ring (bicyclic) bond motifs is 1. The van der Waals surface area contributed by atoms with Crippen LogP contribution < -0.4 is 4.74 Å². The van der Waals surface area contributed by atoms with Gasteiger partial charge in [0.1, 0.15) is 24.4 Å². The Morgan fingerprint density at radius 2 is 1.46 bits per heavy atom. The van der Waals surface area contributed by atoms with Crippen molar-refractivity contribution in [2.45, 2.75) is 82.8 Å². The minimum atomic E-state index is -0.698. The van der Waals surface area contributed by atoms with E-state index >= 15 is 0 Å². The molecule has 0 saturated heterocycles. The van der Waals surface area contributed by atoms with E-state index in [2.05, 4.69) is 12.6 Å². The molecular formula is C30H36O6S. The van der Waals surface area contributed by atoms with E-state index in [1.807, 2.05) is 38.1 Å². The summed E-state index contributed by atoms with van der Waals surface area (Å²) in [5.41, 5.74) is -0.368. The molecule has 4 saturated carbocycles. The highest BCUT2D eigenvalue weighted by Crippen LogP contribution is 2.60. The fourth-order valence-electron chi connectivity index (χ4n) is 7.25. The predicted molar refractivity (Wildman–Crippen MR) is 142 cm³/mol. The average molecular weight is 525 g/mol. The van der Waals surface area contributed by atoms with E-state index < -0.39 is 30.6 Å². The lowest BCUT2D eigenvalue weighted by atomic mass is 9.49. The van der Waals surface area contributed by atoms with Gasteiger partial charge in [0.05, 0.1) is 5.41 Å². The van der Waals surface area contributed by atoms with Crippen molar-refractivity contribution in [2.24, 2.45) is 29.1 Å². The normalized spacial score (nSPS) is 27.6. The van der Waals surface area contributed by atoms with Crippen LogP contribution in [0.3, 0.4) is 0 Å². The van der Waals surface area contributed by atoms with Crippen molar-refractivity contribution in [3.63, 3.8) is 0 Å². The first-order valence-corrected chi connectivity index (χ1v) is 13.9. The third kappa shape index (κ3) is 5.66. The first-order valence-electron chi connectivity index (χ1n) is 13.4. The molecule has 2 aromatic carbocycles. The smallest absolute Gasteiger partial charge is 0.322 e. The van der Waals surface area contributed by atoms with Crippen LogP contribution in [0.4, 0.5) is 0 Å². The van der Waals surface area contributed by atoms with Gasteiger partial charge in [0.15, 0.2) is 0 Å². The molecule has 2 atom stereocenters. The van der Waals surface area contributed by atoms with E-state index in [1.54, 1.807) is 19.1 Å². The maximum Gasteiger partial charge on any atom is 0.322 e.